The van der Waals surface area contributed by atoms with Crippen LogP contribution in [-0.2, 0) is 16.6 Å². The quantitative estimate of drug-likeness (QED) is 0.908. The number of nitrogens with one attached hydrogen (secondary N) is 1. The van der Waals surface area contributed by atoms with Crippen molar-refractivity contribution in [1.29, 1.82) is 0 Å². The van der Waals surface area contributed by atoms with Gasteiger partial charge >= 0.3 is 0 Å². The summed E-state index contributed by atoms with van der Waals surface area (Å²) in [7, 11) is -3.57. The lowest BCUT2D eigenvalue weighted by atomic mass is 10.1. The summed E-state index contributed by atoms with van der Waals surface area (Å²) in [6, 6.07) is 13.5. The lowest BCUT2D eigenvalue weighted by molar-refractivity contribution is 0.0981. The smallest absolute Gasteiger partial charge is 0.264 e. The Morgan fingerprint density at radius 1 is 1.18 bits per heavy atom. The van der Waals surface area contributed by atoms with Gasteiger partial charge in [-0.2, -0.15) is 0 Å². The highest BCUT2D eigenvalue weighted by Gasteiger charge is 2.10. The van der Waals surface area contributed by atoms with Crippen LogP contribution in [0.4, 0.5) is 0 Å². The maximum absolute atomic E-state index is 11.7. The lowest BCUT2D eigenvalue weighted by Gasteiger charge is -2.07. The topological polar surface area (TPSA) is 72.5 Å². The molecule has 1 N–H and O–H groups in total. The van der Waals surface area contributed by atoms with Gasteiger partial charge in [-0.15, -0.1) is 0 Å². The zero-order valence-electron chi connectivity index (χ0n) is 11.7. The van der Waals surface area contributed by atoms with Crippen LogP contribution in [0.3, 0.4) is 0 Å². The number of amides is 1. The first-order valence-electron chi connectivity index (χ1n) is 6.33. The second kappa shape index (κ2) is 6.81. The maximum Gasteiger partial charge on any atom is 0.264 e. The van der Waals surface area contributed by atoms with E-state index in [1.807, 2.05) is 4.72 Å². The Kier molecular flexibility index (Phi) is 5.05. The Hall–Kier alpha value is -2.05. The van der Waals surface area contributed by atoms with E-state index in [0.29, 0.717) is 17.4 Å². The van der Waals surface area contributed by atoms with Crippen molar-refractivity contribution >= 4 is 27.5 Å². The zero-order valence-corrected chi connectivity index (χ0v) is 13.3. The van der Waals surface area contributed by atoms with Crippen LogP contribution in [0.2, 0.25) is 5.02 Å². The van der Waals surface area contributed by atoms with Gasteiger partial charge in [0.05, 0.1) is 6.26 Å². The SMILES string of the molecule is CS(=O)(=O)NC(=O)c1ccc(COc2cccc(Cl)c2)cc1. The minimum Gasteiger partial charge on any atom is -0.489 e. The molecule has 2 rings (SSSR count). The van der Waals surface area contributed by atoms with Crippen molar-refractivity contribution in [2.45, 2.75) is 6.61 Å². The molecule has 0 aliphatic heterocycles. The molecule has 0 fully saturated rings. The summed E-state index contributed by atoms with van der Waals surface area (Å²) in [5.74, 6) is -0.0174. The number of hydrogen-bond donors (Lipinski definition) is 1. The van der Waals surface area contributed by atoms with Crippen molar-refractivity contribution in [1.82, 2.24) is 4.72 Å². The highest BCUT2D eigenvalue weighted by atomic mass is 35.5. The number of sulfonamides is 1. The fraction of sp³-hybridized carbons (Fsp3) is 0.133. The van der Waals surface area contributed by atoms with Crippen molar-refractivity contribution in [3.05, 3.63) is 64.7 Å². The number of hydrogen-bond acceptors (Lipinski definition) is 4. The molecule has 5 nitrogen and oxygen atoms in total. The minimum absolute atomic E-state index is 0.261. The minimum atomic E-state index is -3.57. The Morgan fingerprint density at radius 2 is 1.86 bits per heavy atom. The van der Waals surface area contributed by atoms with Crippen LogP contribution in [-0.4, -0.2) is 20.6 Å². The van der Waals surface area contributed by atoms with Crippen LogP contribution >= 0.6 is 11.6 Å². The first-order valence-corrected chi connectivity index (χ1v) is 8.60. The molecule has 0 aromatic heterocycles. The van der Waals surface area contributed by atoms with Crippen molar-refractivity contribution in [3.63, 3.8) is 0 Å². The van der Waals surface area contributed by atoms with Gasteiger partial charge in [-0.05, 0) is 35.9 Å². The molecule has 0 atom stereocenters. The summed E-state index contributed by atoms with van der Waals surface area (Å²) in [5.41, 5.74) is 1.10. The lowest BCUT2D eigenvalue weighted by Crippen LogP contribution is -2.29. The molecule has 0 unspecified atom stereocenters. The van der Waals surface area contributed by atoms with Gasteiger partial charge in [0.15, 0.2) is 0 Å². The maximum atomic E-state index is 11.7. The molecule has 0 bridgehead atoms. The third-order valence-electron chi connectivity index (χ3n) is 2.70. The molecular weight excluding hydrogens is 326 g/mol. The van der Waals surface area contributed by atoms with Gasteiger partial charge in [0, 0.05) is 10.6 Å². The third kappa shape index (κ3) is 5.05. The van der Waals surface area contributed by atoms with E-state index in [-0.39, 0.29) is 5.56 Å². The second-order valence-corrected chi connectivity index (χ2v) is 6.83. The molecule has 2 aromatic rings. The molecule has 0 heterocycles. The predicted molar refractivity (Wildman–Crippen MR) is 84.5 cm³/mol. The van der Waals surface area contributed by atoms with Crippen LogP contribution in [0.25, 0.3) is 0 Å². The zero-order chi connectivity index (χ0) is 16.2. The van der Waals surface area contributed by atoms with E-state index >= 15 is 0 Å². The standard InChI is InChI=1S/C15H14ClNO4S/c1-22(19,20)17-15(18)12-7-5-11(6-8-12)10-21-14-4-2-3-13(16)9-14/h2-9H,10H2,1H3,(H,17,18). The molecule has 0 radical (unpaired) electrons. The monoisotopic (exact) mass is 339 g/mol. The molecule has 0 aliphatic carbocycles. The summed E-state index contributed by atoms with van der Waals surface area (Å²) >= 11 is 5.86. The average Bonchev–Trinajstić information content (AvgIpc) is 2.44. The molecule has 1 amide bonds. The van der Waals surface area contributed by atoms with E-state index in [1.54, 1.807) is 36.4 Å². The Morgan fingerprint density at radius 3 is 2.45 bits per heavy atom. The predicted octanol–water partition coefficient (Wildman–Crippen LogP) is 2.61. The van der Waals surface area contributed by atoms with Gasteiger partial charge in [-0.1, -0.05) is 29.8 Å². The third-order valence-corrected chi connectivity index (χ3v) is 3.49. The van der Waals surface area contributed by atoms with E-state index in [1.165, 1.54) is 12.1 Å². The van der Waals surface area contributed by atoms with Gasteiger partial charge < -0.3 is 4.74 Å². The van der Waals surface area contributed by atoms with E-state index in [4.69, 9.17) is 16.3 Å². The van der Waals surface area contributed by atoms with Gasteiger partial charge in [0.1, 0.15) is 12.4 Å². The molecule has 7 heteroatoms. The molecule has 0 saturated heterocycles. The van der Waals surface area contributed by atoms with Crippen molar-refractivity contribution in [3.8, 4) is 5.75 Å². The average molecular weight is 340 g/mol. The van der Waals surface area contributed by atoms with Gasteiger partial charge in [-0.25, -0.2) is 13.1 Å². The van der Waals surface area contributed by atoms with Gasteiger partial charge in [0.25, 0.3) is 5.91 Å². The largest absolute Gasteiger partial charge is 0.489 e. The van der Waals surface area contributed by atoms with Crippen molar-refractivity contribution < 1.29 is 17.9 Å². The van der Waals surface area contributed by atoms with Crippen molar-refractivity contribution in [2.75, 3.05) is 6.26 Å². The van der Waals surface area contributed by atoms with Crippen LogP contribution in [0.1, 0.15) is 15.9 Å². The normalized spacial score (nSPS) is 11.0. The molecule has 0 spiro atoms. The van der Waals surface area contributed by atoms with E-state index < -0.39 is 15.9 Å². The van der Waals surface area contributed by atoms with Gasteiger partial charge in [-0.3, -0.25) is 4.79 Å². The molecule has 0 saturated carbocycles. The number of halogens is 1. The van der Waals surface area contributed by atoms with E-state index in [2.05, 4.69) is 0 Å². The summed E-state index contributed by atoms with van der Waals surface area (Å²) in [4.78, 5) is 11.7. The first-order chi connectivity index (χ1) is 10.3. The fourth-order valence-corrected chi connectivity index (χ4v) is 2.34. The highest BCUT2D eigenvalue weighted by Crippen LogP contribution is 2.18. The molecule has 2 aromatic carbocycles. The summed E-state index contributed by atoms with van der Waals surface area (Å²) in [5, 5.41) is 0.588. The number of ether oxygens (including phenoxy) is 1. The second-order valence-electron chi connectivity index (χ2n) is 4.65. The van der Waals surface area contributed by atoms with Crippen LogP contribution < -0.4 is 9.46 Å². The molecular formula is C15H14ClNO4S. The number of carbonyl (C=O) groups excluding carboxylic acids is 1. The van der Waals surface area contributed by atoms with Crippen LogP contribution in [0.5, 0.6) is 5.75 Å². The Balaban J connectivity index is 1.99. The van der Waals surface area contributed by atoms with Crippen molar-refractivity contribution in [2.24, 2.45) is 0 Å². The number of benzene rings is 2. The fourth-order valence-electron chi connectivity index (χ4n) is 1.70. The van der Waals surface area contributed by atoms with Crippen LogP contribution in [0, 0.1) is 0 Å². The first kappa shape index (κ1) is 16.3. The summed E-state index contributed by atoms with van der Waals surface area (Å²) in [6.07, 6.45) is 0.929. The Bertz CT molecular complexity index is 772. The number of rotatable bonds is 5. The van der Waals surface area contributed by atoms with E-state index in [0.717, 1.165) is 11.8 Å². The van der Waals surface area contributed by atoms with Crippen LogP contribution in [0.15, 0.2) is 48.5 Å². The summed E-state index contributed by atoms with van der Waals surface area (Å²) < 4.78 is 29.5. The van der Waals surface area contributed by atoms with E-state index in [9.17, 15) is 13.2 Å². The number of carbonyl (C=O) groups is 1. The molecule has 0 aliphatic rings. The molecule has 22 heavy (non-hydrogen) atoms. The highest BCUT2D eigenvalue weighted by molar-refractivity contribution is 7.89. The van der Waals surface area contributed by atoms with Gasteiger partial charge in [0.2, 0.25) is 10.0 Å². The Labute approximate surface area is 133 Å². The molecule has 116 valence electrons. The summed E-state index contributed by atoms with van der Waals surface area (Å²) in [6.45, 7) is 0.314.